The number of hydrogen-bond acceptors (Lipinski definition) is 4. The van der Waals surface area contributed by atoms with Gasteiger partial charge >= 0.3 is 0 Å². The van der Waals surface area contributed by atoms with Crippen molar-refractivity contribution in [2.75, 3.05) is 14.2 Å². The number of methoxy groups -OCH3 is 2. The fraction of sp³-hybridized carbons (Fsp3) is 0.235. The molecule has 0 spiro atoms. The molecule has 6 heteroatoms. The van der Waals surface area contributed by atoms with E-state index in [4.69, 9.17) is 9.47 Å². The monoisotopic (exact) mass is 427 g/mol. The summed E-state index contributed by atoms with van der Waals surface area (Å²) in [4.78, 5) is 12.5. The lowest BCUT2D eigenvalue weighted by Crippen LogP contribution is -2.27. The molecule has 0 aliphatic rings. The molecule has 1 atom stereocenters. The van der Waals surface area contributed by atoms with Crippen molar-refractivity contribution in [3.8, 4) is 17.2 Å². The molecule has 0 heterocycles. The molecule has 0 saturated heterocycles. The molecule has 2 N–H and O–H groups in total. The number of hydrogen-bond donors (Lipinski definition) is 2. The van der Waals surface area contributed by atoms with E-state index in [9.17, 15) is 9.90 Å². The highest BCUT2D eigenvalue weighted by Gasteiger charge is 2.17. The van der Waals surface area contributed by atoms with Crippen LogP contribution in [0.1, 0.15) is 28.9 Å². The highest BCUT2D eigenvalue weighted by Crippen LogP contribution is 2.31. The molecule has 23 heavy (non-hydrogen) atoms. The van der Waals surface area contributed by atoms with E-state index in [1.165, 1.54) is 7.11 Å². The zero-order chi connectivity index (χ0) is 17.0. The molecule has 1 amide bonds. The Morgan fingerprint density at radius 1 is 1.17 bits per heavy atom. The summed E-state index contributed by atoms with van der Waals surface area (Å²) in [6.07, 6.45) is 0. The standard InChI is InChI=1S/C17H18INO4/c1-10(11-5-4-6-12(20)7-11)19-17(21)13-8-15(22-2)16(23-3)9-14(13)18/h4-10,20H,1-3H3,(H,19,21). The average molecular weight is 427 g/mol. The second-order valence-corrected chi connectivity index (χ2v) is 6.14. The minimum atomic E-state index is -0.238. The van der Waals surface area contributed by atoms with Crippen LogP contribution in [-0.2, 0) is 0 Å². The van der Waals surface area contributed by atoms with Crippen molar-refractivity contribution >= 4 is 28.5 Å². The van der Waals surface area contributed by atoms with Crippen LogP contribution in [-0.4, -0.2) is 25.2 Å². The molecule has 0 fully saturated rings. The zero-order valence-electron chi connectivity index (χ0n) is 13.1. The van der Waals surface area contributed by atoms with Gasteiger partial charge in [-0.3, -0.25) is 4.79 Å². The van der Waals surface area contributed by atoms with E-state index < -0.39 is 0 Å². The molecule has 2 aromatic carbocycles. The number of halogens is 1. The van der Waals surface area contributed by atoms with Crippen molar-refractivity contribution < 1.29 is 19.4 Å². The van der Waals surface area contributed by atoms with Crippen LogP contribution in [0.15, 0.2) is 36.4 Å². The highest BCUT2D eigenvalue weighted by molar-refractivity contribution is 14.1. The summed E-state index contributed by atoms with van der Waals surface area (Å²) in [5.41, 5.74) is 1.34. The Hall–Kier alpha value is -1.96. The number of amides is 1. The van der Waals surface area contributed by atoms with E-state index in [2.05, 4.69) is 27.9 Å². The lowest BCUT2D eigenvalue weighted by Gasteiger charge is -2.16. The van der Waals surface area contributed by atoms with Crippen LogP contribution in [0.5, 0.6) is 17.2 Å². The molecular formula is C17H18INO4. The van der Waals surface area contributed by atoms with Crippen molar-refractivity contribution in [3.05, 3.63) is 51.1 Å². The first kappa shape index (κ1) is 17.4. The van der Waals surface area contributed by atoms with Crippen LogP contribution in [0.2, 0.25) is 0 Å². The van der Waals surface area contributed by atoms with Gasteiger partial charge in [0.1, 0.15) is 5.75 Å². The van der Waals surface area contributed by atoms with E-state index in [-0.39, 0.29) is 17.7 Å². The smallest absolute Gasteiger partial charge is 0.252 e. The first-order chi connectivity index (χ1) is 11.0. The van der Waals surface area contributed by atoms with Gasteiger partial charge in [-0.25, -0.2) is 0 Å². The third-order valence-corrected chi connectivity index (χ3v) is 4.33. The lowest BCUT2D eigenvalue weighted by atomic mass is 10.1. The Morgan fingerprint density at radius 3 is 2.43 bits per heavy atom. The van der Waals surface area contributed by atoms with Gasteiger partial charge in [0.15, 0.2) is 11.5 Å². The third-order valence-electron chi connectivity index (χ3n) is 3.44. The SMILES string of the molecule is COc1cc(I)c(C(=O)NC(C)c2cccc(O)c2)cc1OC. The van der Waals surface area contributed by atoms with E-state index >= 15 is 0 Å². The van der Waals surface area contributed by atoms with Gasteiger partial charge in [-0.15, -0.1) is 0 Å². The number of aromatic hydroxyl groups is 1. The molecule has 0 bridgehead atoms. The van der Waals surface area contributed by atoms with Crippen molar-refractivity contribution in [2.24, 2.45) is 0 Å². The van der Waals surface area contributed by atoms with Crippen LogP contribution in [0.4, 0.5) is 0 Å². The Bertz CT molecular complexity index is 718. The molecule has 0 aliphatic carbocycles. The second-order valence-electron chi connectivity index (χ2n) is 4.98. The maximum absolute atomic E-state index is 12.5. The van der Waals surface area contributed by atoms with Crippen molar-refractivity contribution in [1.29, 1.82) is 0 Å². The van der Waals surface area contributed by atoms with Crippen LogP contribution >= 0.6 is 22.6 Å². The number of carbonyl (C=O) groups is 1. The number of benzene rings is 2. The lowest BCUT2D eigenvalue weighted by molar-refractivity contribution is 0.0938. The molecule has 2 rings (SSSR count). The third kappa shape index (κ3) is 4.07. The maximum Gasteiger partial charge on any atom is 0.252 e. The zero-order valence-corrected chi connectivity index (χ0v) is 15.2. The van der Waals surface area contributed by atoms with Gasteiger partial charge < -0.3 is 19.9 Å². The van der Waals surface area contributed by atoms with Crippen LogP contribution in [0.3, 0.4) is 0 Å². The summed E-state index contributed by atoms with van der Waals surface area (Å²) in [6, 6.07) is 9.99. The summed E-state index contributed by atoms with van der Waals surface area (Å²) in [5.74, 6) is 1.04. The molecule has 0 aromatic heterocycles. The predicted molar refractivity (Wildman–Crippen MR) is 96.3 cm³/mol. The minimum absolute atomic E-state index is 0.171. The molecule has 0 radical (unpaired) electrons. The Balaban J connectivity index is 2.23. The quantitative estimate of drug-likeness (QED) is 0.717. The summed E-state index contributed by atoms with van der Waals surface area (Å²) >= 11 is 2.09. The summed E-state index contributed by atoms with van der Waals surface area (Å²) < 4.78 is 11.2. The molecular weight excluding hydrogens is 409 g/mol. The van der Waals surface area contributed by atoms with Crippen LogP contribution in [0.25, 0.3) is 0 Å². The number of phenols is 1. The van der Waals surface area contributed by atoms with Gasteiger partial charge in [0.05, 0.1) is 25.8 Å². The van der Waals surface area contributed by atoms with Crippen molar-refractivity contribution in [3.63, 3.8) is 0 Å². The maximum atomic E-state index is 12.5. The summed E-state index contributed by atoms with van der Waals surface area (Å²) in [6.45, 7) is 1.86. The molecule has 5 nitrogen and oxygen atoms in total. The number of ether oxygens (including phenoxy) is 2. The predicted octanol–water partition coefficient (Wildman–Crippen LogP) is 3.51. The highest BCUT2D eigenvalue weighted by atomic mass is 127. The van der Waals surface area contributed by atoms with Gasteiger partial charge in [0, 0.05) is 3.57 Å². The van der Waals surface area contributed by atoms with Gasteiger partial charge in [-0.1, -0.05) is 12.1 Å². The normalized spacial score (nSPS) is 11.7. The number of rotatable bonds is 5. The first-order valence-electron chi connectivity index (χ1n) is 6.97. The van der Waals surface area contributed by atoms with E-state index in [0.717, 1.165) is 9.13 Å². The summed E-state index contributed by atoms with van der Waals surface area (Å²) in [7, 11) is 3.08. The second kappa shape index (κ2) is 7.54. The van der Waals surface area contributed by atoms with E-state index in [1.807, 2.05) is 13.0 Å². The van der Waals surface area contributed by atoms with Crippen molar-refractivity contribution in [1.82, 2.24) is 5.32 Å². The molecule has 0 aliphatic heterocycles. The fourth-order valence-electron chi connectivity index (χ4n) is 2.18. The average Bonchev–Trinajstić information content (AvgIpc) is 2.54. The Morgan fingerprint density at radius 2 is 1.83 bits per heavy atom. The minimum Gasteiger partial charge on any atom is -0.508 e. The molecule has 2 aromatic rings. The fourth-order valence-corrected chi connectivity index (χ4v) is 2.86. The molecule has 122 valence electrons. The Labute approximate surface area is 148 Å². The van der Waals surface area contributed by atoms with E-state index in [1.54, 1.807) is 37.4 Å². The van der Waals surface area contributed by atoms with E-state index in [0.29, 0.717) is 17.1 Å². The summed E-state index contributed by atoms with van der Waals surface area (Å²) in [5, 5.41) is 12.5. The van der Waals surface area contributed by atoms with Crippen LogP contribution in [0, 0.1) is 3.57 Å². The number of nitrogens with one attached hydrogen (secondary N) is 1. The van der Waals surface area contributed by atoms with Crippen LogP contribution < -0.4 is 14.8 Å². The molecule has 1 unspecified atom stereocenters. The first-order valence-corrected chi connectivity index (χ1v) is 8.05. The van der Waals surface area contributed by atoms with Gasteiger partial charge in [0.2, 0.25) is 0 Å². The van der Waals surface area contributed by atoms with Gasteiger partial charge in [-0.05, 0) is 59.3 Å². The van der Waals surface area contributed by atoms with Crippen molar-refractivity contribution in [2.45, 2.75) is 13.0 Å². The number of phenolic OH excluding ortho intramolecular Hbond substituents is 1. The number of carbonyl (C=O) groups excluding carboxylic acids is 1. The molecule has 0 saturated carbocycles. The van der Waals surface area contributed by atoms with Gasteiger partial charge in [0.25, 0.3) is 5.91 Å². The topological polar surface area (TPSA) is 67.8 Å². The van der Waals surface area contributed by atoms with Gasteiger partial charge in [-0.2, -0.15) is 0 Å². The Kier molecular flexibility index (Phi) is 5.70. The largest absolute Gasteiger partial charge is 0.508 e.